The van der Waals surface area contributed by atoms with Crippen LogP contribution in [0.4, 0.5) is 11.5 Å². The fourth-order valence-corrected chi connectivity index (χ4v) is 2.37. The third kappa shape index (κ3) is 5.89. The molecule has 0 bridgehead atoms. The molecule has 0 spiro atoms. The van der Waals surface area contributed by atoms with E-state index in [0.29, 0.717) is 18.8 Å². The lowest BCUT2D eigenvalue weighted by Gasteiger charge is -2.22. The molecule has 2 amide bonds. The number of anilines is 1. The Morgan fingerprint density at radius 2 is 2.15 bits per heavy atom. The Balaban J connectivity index is 2.12. The molecular weight excluding hydrogens is 356 g/mol. The summed E-state index contributed by atoms with van der Waals surface area (Å²) in [4.78, 5) is 36.7. The van der Waals surface area contributed by atoms with Crippen LogP contribution >= 0.6 is 0 Å². The normalized spacial score (nSPS) is 10.4. The molecule has 1 N–H and O–H groups in total. The van der Waals surface area contributed by atoms with E-state index in [1.165, 1.54) is 36.3 Å². The Kier molecular flexibility index (Phi) is 7.00. The molecule has 10 heteroatoms. The highest BCUT2D eigenvalue weighted by Crippen LogP contribution is 2.15. The van der Waals surface area contributed by atoms with Crippen molar-refractivity contribution in [3.63, 3.8) is 0 Å². The minimum Gasteiger partial charge on any atom is -0.385 e. The summed E-state index contributed by atoms with van der Waals surface area (Å²) in [5.74, 6) is -0.159. The Morgan fingerprint density at radius 3 is 2.78 bits per heavy atom. The summed E-state index contributed by atoms with van der Waals surface area (Å²) < 4.78 is 9.86. The third-order valence-corrected chi connectivity index (χ3v) is 3.60. The number of methoxy groups -OCH3 is 1. The summed E-state index contributed by atoms with van der Waals surface area (Å²) in [6, 6.07) is 6.93. The van der Waals surface area contributed by atoms with E-state index in [0.717, 1.165) is 0 Å². The molecule has 144 valence electrons. The van der Waals surface area contributed by atoms with Crippen LogP contribution in [0, 0.1) is 17.0 Å². The largest absolute Gasteiger partial charge is 0.385 e. The van der Waals surface area contributed by atoms with Gasteiger partial charge in [0.2, 0.25) is 5.91 Å². The SMILES string of the molecule is COCCCN(CC(=O)Nc1cc(C)on1)C(=O)c1cccc([N+](=O)[O-])c1. The fourth-order valence-electron chi connectivity index (χ4n) is 2.37. The Hall–Kier alpha value is -3.27. The number of benzene rings is 1. The Morgan fingerprint density at radius 1 is 1.37 bits per heavy atom. The van der Waals surface area contributed by atoms with Crippen LogP contribution < -0.4 is 5.32 Å². The highest BCUT2D eigenvalue weighted by atomic mass is 16.6. The van der Waals surface area contributed by atoms with Crippen LogP contribution in [0.3, 0.4) is 0 Å². The molecule has 1 aromatic heterocycles. The number of ether oxygens (including phenoxy) is 1. The van der Waals surface area contributed by atoms with Crippen LogP contribution in [0.1, 0.15) is 22.5 Å². The number of nitro benzene ring substituents is 1. The molecule has 0 saturated heterocycles. The quantitative estimate of drug-likeness (QED) is 0.403. The number of nitrogens with one attached hydrogen (secondary N) is 1. The van der Waals surface area contributed by atoms with Crippen LogP contribution in [0.15, 0.2) is 34.9 Å². The van der Waals surface area contributed by atoms with Crippen molar-refractivity contribution in [2.75, 3.05) is 32.1 Å². The molecule has 2 rings (SSSR count). The molecular formula is C17H20N4O6. The monoisotopic (exact) mass is 376 g/mol. The van der Waals surface area contributed by atoms with Gasteiger partial charge in [-0.1, -0.05) is 11.2 Å². The van der Waals surface area contributed by atoms with Crippen molar-refractivity contribution >= 4 is 23.3 Å². The number of aryl methyl sites for hydroxylation is 1. The van der Waals surface area contributed by atoms with Crippen molar-refractivity contribution in [1.29, 1.82) is 0 Å². The Labute approximate surface area is 155 Å². The molecule has 0 aliphatic carbocycles. The molecule has 0 unspecified atom stereocenters. The van der Waals surface area contributed by atoms with Gasteiger partial charge in [0.1, 0.15) is 12.3 Å². The first-order valence-corrected chi connectivity index (χ1v) is 8.16. The maximum Gasteiger partial charge on any atom is 0.270 e. The number of rotatable bonds is 9. The average molecular weight is 376 g/mol. The van der Waals surface area contributed by atoms with E-state index < -0.39 is 16.7 Å². The summed E-state index contributed by atoms with van der Waals surface area (Å²) in [7, 11) is 1.53. The summed E-state index contributed by atoms with van der Waals surface area (Å²) in [5.41, 5.74) is -0.0630. The van der Waals surface area contributed by atoms with E-state index in [9.17, 15) is 19.7 Å². The number of aromatic nitrogens is 1. The lowest BCUT2D eigenvalue weighted by Crippen LogP contribution is -2.39. The van der Waals surface area contributed by atoms with Crippen LogP contribution in [0.5, 0.6) is 0 Å². The first kappa shape index (κ1) is 20.0. The number of nitro groups is 1. The molecule has 1 aromatic carbocycles. The van der Waals surface area contributed by atoms with Crippen molar-refractivity contribution < 1.29 is 23.8 Å². The maximum atomic E-state index is 12.8. The van der Waals surface area contributed by atoms with Crippen LogP contribution in [0.2, 0.25) is 0 Å². The second kappa shape index (κ2) is 9.43. The first-order valence-electron chi connectivity index (χ1n) is 8.16. The lowest BCUT2D eigenvalue weighted by molar-refractivity contribution is -0.384. The van der Waals surface area contributed by atoms with E-state index in [1.54, 1.807) is 13.0 Å². The summed E-state index contributed by atoms with van der Waals surface area (Å²) >= 11 is 0. The molecule has 10 nitrogen and oxygen atoms in total. The van der Waals surface area contributed by atoms with E-state index in [-0.39, 0.29) is 30.2 Å². The zero-order valence-corrected chi connectivity index (χ0v) is 15.0. The highest BCUT2D eigenvalue weighted by molar-refractivity contribution is 5.99. The first-order chi connectivity index (χ1) is 12.9. The molecule has 0 aliphatic rings. The maximum absolute atomic E-state index is 12.8. The zero-order chi connectivity index (χ0) is 19.8. The van der Waals surface area contributed by atoms with Gasteiger partial charge in [0.05, 0.1) is 4.92 Å². The molecule has 2 aromatic rings. The van der Waals surface area contributed by atoms with Gasteiger partial charge in [-0.15, -0.1) is 0 Å². The van der Waals surface area contributed by atoms with Crippen molar-refractivity contribution in [1.82, 2.24) is 10.1 Å². The van der Waals surface area contributed by atoms with Gasteiger partial charge in [-0.05, 0) is 19.4 Å². The Bertz CT molecular complexity index is 819. The van der Waals surface area contributed by atoms with Crippen molar-refractivity contribution in [2.45, 2.75) is 13.3 Å². The van der Waals surface area contributed by atoms with Gasteiger partial charge in [-0.3, -0.25) is 19.7 Å². The van der Waals surface area contributed by atoms with Crippen LogP contribution in [-0.4, -0.2) is 53.6 Å². The van der Waals surface area contributed by atoms with Gasteiger partial charge in [0.25, 0.3) is 11.6 Å². The van der Waals surface area contributed by atoms with Gasteiger partial charge in [-0.25, -0.2) is 0 Å². The molecule has 1 heterocycles. The third-order valence-electron chi connectivity index (χ3n) is 3.60. The number of carbonyl (C=O) groups excluding carboxylic acids is 2. The molecule has 0 atom stereocenters. The predicted octanol–water partition coefficient (Wildman–Crippen LogP) is 2.01. The fraction of sp³-hybridized carbons (Fsp3) is 0.353. The lowest BCUT2D eigenvalue weighted by atomic mass is 10.1. The van der Waals surface area contributed by atoms with E-state index >= 15 is 0 Å². The number of hydrogen-bond acceptors (Lipinski definition) is 7. The second-order valence-electron chi connectivity index (χ2n) is 5.75. The summed E-state index contributed by atoms with van der Waals surface area (Å²) in [6.45, 7) is 2.10. The van der Waals surface area contributed by atoms with Gasteiger partial charge < -0.3 is 19.5 Å². The van der Waals surface area contributed by atoms with Gasteiger partial charge in [0, 0.05) is 44.0 Å². The smallest absolute Gasteiger partial charge is 0.270 e. The summed E-state index contributed by atoms with van der Waals surface area (Å²) in [5, 5.41) is 17.1. The number of non-ortho nitro benzene ring substituents is 1. The topological polar surface area (TPSA) is 128 Å². The van der Waals surface area contributed by atoms with Crippen molar-refractivity contribution in [2.24, 2.45) is 0 Å². The van der Waals surface area contributed by atoms with Gasteiger partial charge in [-0.2, -0.15) is 0 Å². The minimum atomic E-state index is -0.578. The van der Waals surface area contributed by atoms with Crippen LogP contribution in [-0.2, 0) is 9.53 Å². The standard InChI is InChI=1S/C17H20N4O6/c1-12-9-15(19-27-12)18-16(22)11-20(7-4-8-26-2)17(23)13-5-3-6-14(10-13)21(24)25/h3,5-6,9-10H,4,7-8,11H2,1-2H3,(H,18,19,22). The van der Waals surface area contributed by atoms with Gasteiger partial charge in [0.15, 0.2) is 5.82 Å². The van der Waals surface area contributed by atoms with Crippen molar-refractivity contribution in [3.8, 4) is 0 Å². The minimum absolute atomic E-state index is 0.131. The molecule has 0 radical (unpaired) electrons. The molecule has 0 fully saturated rings. The number of hydrogen-bond donors (Lipinski definition) is 1. The number of nitrogens with zero attached hydrogens (tertiary/aromatic N) is 3. The molecule has 0 saturated carbocycles. The van der Waals surface area contributed by atoms with E-state index in [1.807, 2.05) is 0 Å². The summed E-state index contributed by atoms with van der Waals surface area (Å²) in [6.07, 6.45) is 0.507. The zero-order valence-electron chi connectivity index (χ0n) is 15.0. The van der Waals surface area contributed by atoms with E-state index in [4.69, 9.17) is 9.26 Å². The number of carbonyl (C=O) groups is 2. The average Bonchev–Trinajstić information content (AvgIpc) is 3.05. The second-order valence-corrected chi connectivity index (χ2v) is 5.75. The molecule has 0 aliphatic heterocycles. The highest BCUT2D eigenvalue weighted by Gasteiger charge is 2.21. The predicted molar refractivity (Wildman–Crippen MR) is 95.4 cm³/mol. The molecule has 27 heavy (non-hydrogen) atoms. The number of amides is 2. The van der Waals surface area contributed by atoms with Gasteiger partial charge >= 0.3 is 0 Å². The van der Waals surface area contributed by atoms with Crippen molar-refractivity contribution in [3.05, 3.63) is 51.8 Å². The van der Waals surface area contributed by atoms with E-state index in [2.05, 4.69) is 10.5 Å². The van der Waals surface area contributed by atoms with Crippen LogP contribution in [0.25, 0.3) is 0 Å².